The quantitative estimate of drug-likeness (QED) is 0.289. The number of ether oxygens (including phenoxy) is 1. The molecule has 8 heteroatoms. The summed E-state index contributed by atoms with van der Waals surface area (Å²) in [6.45, 7) is 0. The van der Waals surface area contributed by atoms with E-state index in [2.05, 4.69) is 5.32 Å². The molecule has 0 aliphatic rings. The van der Waals surface area contributed by atoms with Crippen LogP contribution in [0.15, 0.2) is 70.7 Å². The van der Waals surface area contributed by atoms with E-state index in [1.807, 2.05) is 6.07 Å². The maximum atomic E-state index is 12.4. The molecule has 3 rings (SSSR count). The van der Waals surface area contributed by atoms with Crippen LogP contribution < -0.4 is 10.1 Å². The Morgan fingerprint density at radius 2 is 1.90 bits per heavy atom. The number of hydrogen-bond acceptors (Lipinski definition) is 6. The van der Waals surface area contributed by atoms with Crippen molar-refractivity contribution in [2.45, 2.75) is 0 Å². The average molecular weight is 389 g/mol. The van der Waals surface area contributed by atoms with E-state index in [4.69, 9.17) is 9.15 Å². The topological polar surface area (TPSA) is 118 Å². The van der Waals surface area contributed by atoms with Crippen LogP contribution in [0.2, 0.25) is 0 Å². The van der Waals surface area contributed by atoms with Crippen molar-refractivity contribution >= 4 is 23.4 Å². The summed E-state index contributed by atoms with van der Waals surface area (Å²) in [4.78, 5) is 23.0. The van der Waals surface area contributed by atoms with Crippen LogP contribution >= 0.6 is 0 Å². The summed E-state index contributed by atoms with van der Waals surface area (Å²) in [5.74, 6) is 0.509. The van der Waals surface area contributed by atoms with Crippen LogP contribution in [0.25, 0.3) is 17.4 Å². The van der Waals surface area contributed by atoms with Crippen LogP contribution in [-0.4, -0.2) is 17.9 Å². The largest absolute Gasteiger partial charge is 0.497 e. The lowest BCUT2D eigenvalue weighted by Gasteiger charge is -2.05. The number of anilines is 1. The molecule has 0 unspecified atom stereocenters. The van der Waals surface area contributed by atoms with Crippen molar-refractivity contribution in [1.29, 1.82) is 5.26 Å². The van der Waals surface area contributed by atoms with Gasteiger partial charge in [0, 0.05) is 17.8 Å². The van der Waals surface area contributed by atoms with Crippen molar-refractivity contribution in [3.8, 4) is 23.1 Å². The van der Waals surface area contributed by atoms with Crippen molar-refractivity contribution in [2.24, 2.45) is 0 Å². The summed E-state index contributed by atoms with van der Waals surface area (Å²) in [5.41, 5.74) is 0.523. The zero-order chi connectivity index (χ0) is 20.8. The van der Waals surface area contributed by atoms with Crippen molar-refractivity contribution in [3.05, 3.63) is 82.1 Å². The molecule has 1 aromatic heterocycles. The third-order valence-electron chi connectivity index (χ3n) is 3.99. The number of methoxy groups -OCH3 is 1. The molecule has 0 spiro atoms. The van der Waals surface area contributed by atoms with Crippen LogP contribution in [0.3, 0.4) is 0 Å². The van der Waals surface area contributed by atoms with Gasteiger partial charge in [-0.05, 0) is 42.5 Å². The lowest BCUT2D eigenvalue weighted by molar-refractivity contribution is -0.384. The van der Waals surface area contributed by atoms with Crippen LogP contribution in [0.4, 0.5) is 11.4 Å². The van der Waals surface area contributed by atoms with Gasteiger partial charge >= 0.3 is 0 Å². The smallest absolute Gasteiger partial charge is 0.280 e. The van der Waals surface area contributed by atoms with Gasteiger partial charge in [0.15, 0.2) is 0 Å². The Kier molecular flexibility index (Phi) is 5.71. The van der Waals surface area contributed by atoms with E-state index in [9.17, 15) is 20.2 Å². The fourth-order valence-electron chi connectivity index (χ4n) is 2.58. The summed E-state index contributed by atoms with van der Waals surface area (Å²) in [6.07, 6.45) is 1.27. The summed E-state index contributed by atoms with van der Waals surface area (Å²) < 4.78 is 10.6. The number of nitro benzene ring substituents is 1. The first-order valence-corrected chi connectivity index (χ1v) is 8.42. The molecule has 1 amide bonds. The van der Waals surface area contributed by atoms with Crippen molar-refractivity contribution in [1.82, 2.24) is 0 Å². The van der Waals surface area contributed by atoms with E-state index in [0.29, 0.717) is 17.0 Å². The molecule has 0 bridgehead atoms. The lowest BCUT2D eigenvalue weighted by atomic mass is 10.1. The first kappa shape index (κ1) is 19.4. The zero-order valence-electron chi connectivity index (χ0n) is 15.3. The van der Waals surface area contributed by atoms with Gasteiger partial charge < -0.3 is 14.5 Å². The Labute approximate surface area is 165 Å². The predicted octanol–water partition coefficient (Wildman–Crippen LogP) is 4.41. The Bertz CT molecular complexity index is 1120. The third kappa shape index (κ3) is 4.48. The van der Waals surface area contributed by atoms with E-state index in [1.54, 1.807) is 48.5 Å². The maximum Gasteiger partial charge on any atom is 0.280 e. The number of nitrogens with zero attached hydrogens (tertiary/aromatic N) is 2. The second-order valence-corrected chi connectivity index (χ2v) is 5.83. The highest BCUT2D eigenvalue weighted by Crippen LogP contribution is 2.31. The van der Waals surface area contributed by atoms with Gasteiger partial charge in [0.25, 0.3) is 11.6 Å². The van der Waals surface area contributed by atoms with Crippen molar-refractivity contribution in [2.75, 3.05) is 12.4 Å². The number of nitrogens with one attached hydrogen (secondary N) is 1. The van der Waals surface area contributed by atoms with Gasteiger partial charge in [-0.1, -0.05) is 12.1 Å². The second kappa shape index (κ2) is 8.54. The molecule has 3 aromatic rings. The minimum atomic E-state index is -0.610. The minimum Gasteiger partial charge on any atom is -0.497 e. The van der Waals surface area contributed by atoms with Gasteiger partial charge in [0.2, 0.25) is 0 Å². The predicted molar refractivity (Wildman–Crippen MR) is 106 cm³/mol. The summed E-state index contributed by atoms with van der Waals surface area (Å²) in [6, 6.07) is 17.7. The van der Waals surface area contributed by atoms with E-state index >= 15 is 0 Å². The number of carbonyl (C=O) groups is 1. The number of para-hydroxylation sites is 1. The number of furan rings is 1. The minimum absolute atomic E-state index is 0.102. The van der Waals surface area contributed by atoms with Gasteiger partial charge in [-0.25, -0.2) is 0 Å². The highest BCUT2D eigenvalue weighted by atomic mass is 16.6. The third-order valence-corrected chi connectivity index (χ3v) is 3.99. The Hall–Kier alpha value is -4.38. The van der Waals surface area contributed by atoms with Crippen LogP contribution in [0, 0.1) is 21.4 Å². The van der Waals surface area contributed by atoms with E-state index in [0.717, 1.165) is 0 Å². The molecule has 1 N–H and O–H groups in total. The molecular formula is C21H15N3O5. The fourth-order valence-corrected chi connectivity index (χ4v) is 2.58. The highest BCUT2D eigenvalue weighted by molar-refractivity contribution is 6.09. The average Bonchev–Trinajstić information content (AvgIpc) is 3.21. The summed E-state index contributed by atoms with van der Waals surface area (Å²) in [5, 5.41) is 23.1. The molecule has 0 saturated carbocycles. The summed E-state index contributed by atoms with van der Waals surface area (Å²) in [7, 11) is 1.53. The number of rotatable bonds is 6. The lowest BCUT2D eigenvalue weighted by Crippen LogP contribution is -2.13. The van der Waals surface area contributed by atoms with Crippen molar-refractivity contribution < 1.29 is 18.9 Å². The van der Waals surface area contributed by atoms with Gasteiger partial charge in [-0.2, -0.15) is 5.26 Å². The number of nitro groups is 1. The Morgan fingerprint density at radius 3 is 2.55 bits per heavy atom. The summed E-state index contributed by atoms with van der Waals surface area (Å²) >= 11 is 0. The van der Waals surface area contributed by atoms with Crippen LogP contribution in [-0.2, 0) is 4.79 Å². The first-order valence-electron chi connectivity index (χ1n) is 8.42. The maximum absolute atomic E-state index is 12.4. The number of amides is 1. The molecule has 2 aromatic carbocycles. The molecule has 0 atom stereocenters. The van der Waals surface area contributed by atoms with Gasteiger partial charge in [0.1, 0.15) is 28.9 Å². The molecule has 8 nitrogen and oxygen atoms in total. The van der Waals surface area contributed by atoms with E-state index < -0.39 is 10.8 Å². The van der Waals surface area contributed by atoms with Gasteiger partial charge in [0.05, 0.1) is 17.6 Å². The normalized spacial score (nSPS) is 10.8. The second-order valence-electron chi connectivity index (χ2n) is 5.83. The number of hydrogen-bond donors (Lipinski definition) is 1. The molecular weight excluding hydrogens is 374 g/mol. The number of benzene rings is 2. The number of nitriles is 1. The molecule has 0 aliphatic heterocycles. The van der Waals surface area contributed by atoms with Crippen molar-refractivity contribution in [3.63, 3.8) is 0 Å². The Balaban J connectivity index is 1.82. The number of carbonyl (C=O) groups excluding carboxylic acids is 1. The van der Waals surface area contributed by atoms with E-state index in [-0.39, 0.29) is 22.8 Å². The molecule has 144 valence electrons. The highest BCUT2D eigenvalue weighted by Gasteiger charge is 2.17. The molecule has 29 heavy (non-hydrogen) atoms. The molecule has 0 radical (unpaired) electrons. The first-order chi connectivity index (χ1) is 14.0. The molecule has 0 aliphatic carbocycles. The van der Waals surface area contributed by atoms with E-state index in [1.165, 1.54) is 25.3 Å². The van der Waals surface area contributed by atoms with Crippen LogP contribution in [0.1, 0.15) is 5.76 Å². The SMILES string of the molecule is COc1ccc(NC(=O)C(C#N)=Cc2ccc(-c3ccccc3[N+](=O)[O-])o2)cc1. The fraction of sp³-hybridized carbons (Fsp3) is 0.0476. The molecule has 1 heterocycles. The molecule has 0 saturated heterocycles. The monoisotopic (exact) mass is 389 g/mol. The molecule has 0 fully saturated rings. The Morgan fingerprint density at radius 1 is 1.17 bits per heavy atom. The van der Waals surface area contributed by atoms with Gasteiger partial charge in [-0.15, -0.1) is 0 Å². The standard InChI is InChI=1S/C21H15N3O5/c1-28-16-8-6-15(7-9-16)23-21(25)14(13-22)12-17-10-11-20(29-17)18-4-2-3-5-19(18)24(26)27/h2-12H,1H3,(H,23,25). The zero-order valence-corrected chi connectivity index (χ0v) is 15.3. The van der Waals surface area contributed by atoms with Gasteiger partial charge in [-0.3, -0.25) is 14.9 Å². The van der Waals surface area contributed by atoms with Crippen LogP contribution in [0.5, 0.6) is 5.75 Å².